The van der Waals surface area contributed by atoms with Crippen molar-refractivity contribution < 1.29 is 14.8 Å². The quantitative estimate of drug-likeness (QED) is 0.662. The molecule has 0 aliphatic heterocycles. The molecule has 0 radical (unpaired) electrons. The van der Waals surface area contributed by atoms with Crippen LogP contribution in [0.4, 0.5) is 11.5 Å². The van der Waals surface area contributed by atoms with Crippen LogP contribution >= 0.6 is 0 Å². The second-order valence-corrected chi connectivity index (χ2v) is 5.20. The van der Waals surface area contributed by atoms with Crippen LogP contribution in [0.5, 0.6) is 0 Å². The fourth-order valence-electron chi connectivity index (χ4n) is 2.91. The highest BCUT2D eigenvalue weighted by atomic mass is 16.6. The fourth-order valence-corrected chi connectivity index (χ4v) is 2.91. The number of aromatic nitrogens is 1. The van der Waals surface area contributed by atoms with E-state index in [0.29, 0.717) is 18.4 Å². The predicted octanol–water partition coefficient (Wildman–Crippen LogP) is 2.85. The van der Waals surface area contributed by atoms with Gasteiger partial charge in [0.15, 0.2) is 0 Å². The number of rotatable bonds is 5. The maximum absolute atomic E-state index is 11.2. The lowest BCUT2D eigenvalue weighted by Gasteiger charge is -2.34. The summed E-state index contributed by atoms with van der Waals surface area (Å²) < 4.78 is 0. The van der Waals surface area contributed by atoms with Crippen LogP contribution in [0.15, 0.2) is 12.3 Å². The predicted molar refractivity (Wildman–Crippen MR) is 77.7 cm³/mol. The van der Waals surface area contributed by atoms with Crippen LogP contribution < -0.4 is 4.90 Å². The van der Waals surface area contributed by atoms with E-state index < -0.39 is 16.6 Å². The van der Waals surface area contributed by atoms with Crippen LogP contribution in [0.25, 0.3) is 0 Å². The van der Waals surface area contributed by atoms with Crippen molar-refractivity contribution in [2.24, 2.45) is 0 Å². The van der Waals surface area contributed by atoms with Gasteiger partial charge in [-0.2, -0.15) is 0 Å². The maximum Gasteiger partial charge on any atom is 0.342 e. The molecule has 1 aromatic heterocycles. The topological polar surface area (TPSA) is 96.6 Å². The van der Waals surface area contributed by atoms with E-state index >= 15 is 0 Å². The molecule has 0 spiro atoms. The Hall–Kier alpha value is -2.18. The smallest absolute Gasteiger partial charge is 0.342 e. The Morgan fingerprint density at radius 2 is 2.14 bits per heavy atom. The summed E-state index contributed by atoms with van der Waals surface area (Å²) in [6.45, 7) is 2.69. The van der Waals surface area contributed by atoms with Gasteiger partial charge in [-0.05, 0) is 19.8 Å². The number of hydrogen-bond donors (Lipinski definition) is 1. The average molecular weight is 293 g/mol. The van der Waals surface area contributed by atoms with Gasteiger partial charge >= 0.3 is 11.7 Å². The van der Waals surface area contributed by atoms with Crippen molar-refractivity contribution in [1.82, 2.24) is 4.98 Å². The van der Waals surface area contributed by atoms with Gasteiger partial charge in [0.25, 0.3) is 0 Å². The molecular formula is C14H19N3O4. The lowest BCUT2D eigenvalue weighted by Crippen LogP contribution is -2.37. The highest BCUT2D eigenvalue weighted by molar-refractivity contribution is 5.93. The minimum absolute atomic E-state index is 0.306. The van der Waals surface area contributed by atoms with Crippen LogP contribution in [-0.2, 0) is 0 Å². The van der Waals surface area contributed by atoms with Crippen LogP contribution in [0.2, 0.25) is 0 Å². The van der Waals surface area contributed by atoms with Gasteiger partial charge in [0.1, 0.15) is 17.6 Å². The second kappa shape index (κ2) is 6.51. The summed E-state index contributed by atoms with van der Waals surface area (Å²) in [5, 5.41) is 20.0. The highest BCUT2D eigenvalue weighted by Crippen LogP contribution is 2.28. The molecule has 1 N–H and O–H groups in total. The van der Waals surface area contributed by atoms with Crippen LogP contribution in [0.3, 0.4) is 0 Å². The molecule has 7 heteroatoms. The number of carboxylic acid groups (broad SMARTS) is 1. The molecule has 114 valence electrons. The molecule has 0 amide bonds. The van der Waals surface area contributed by atoms with Gasteiger partial charge < -0.3 is 10.0 Å². The monoisotopic (exact) mass is 293 g/mol. The molecule has 0 unspecified atom stereocenters. The van der Waals surface area contributed by atoms with Gasteiger partial charge in [-0.15, -0.1) is 0 Å². The van der Waals surface area contributed by atoms with Gasteiger partial charge in [0.05, 0.1) is 4.92 Å². The average Bonchev–Trinajstić information content (AvgIpc) is 2.48. The largest absolute Gasteiger partial charge is 0.477 e. The minimum atomic E-state index is -1.30. The van der Waals surface area contributed by atoms with Crippen LogP contribution in [0, 0.1) is 10.1 Å². The van der Waals surface area contributed by atoms with E-state index in [0.717, 1.165) is 31.9 Å². The Balaban J connectivity index is 2.35. The van der Waals surface area contributed by atoms with Crippen molar-refractivity contribution in [3.8, 4) is 0 Å². The Morgan fingerprint density at radius 1 is 1.48 bits per heavy atom. The van der Waals surface area contributed by atoms with Crippen molar-refractivity contribution in [1.29, 1.82) is 0 Å². The summed E-state index contributed by atoms with van der Waals surface area (Å²) in [6.07, 6.45) is 6.68. The molecule has 0 bridgehead atoms. The van der Waals surface area contributed by atoms with Crippen LogP contribution in [-0.4, -0.2) is 33.6 Å². The van der Waals surface area contributed by atoms with E-state index in [-0.39, 0.29) is 5.56 Å². The molecular weight excluding hydrogens is 274 g/mol. The first kappa shape index (κ1) is 15.2. The molecule has 2 rings (SSSR count). The summed E-state index contributed by atoms with van der Waals surface area (Å²) in [7, 11) is 0. The Kier molecular flexibility index (Phi) is 4.72. The number of nitrogens with zero attached hydrogens (tertiary/aromatic N) is 3. The molecule has 1 fully saturated rings. The molecule has 0 saturated heterocycles. The standard InChI is InChI=1S/C14H19N3O4/c1-2-16(10-6-4-3-5-7-10)13-8-11(14(18)19)12(9-15-13)17(20)21/h8-10H,2-7H2,1H3,(H,18,19). The number of aromatic carboxylic acids is 1. The minimum Gasteiger partial charge on any atom is -0.477 e. The number of pyridine rings is 1. The fraction of sp³-hybridized carbons (Fsp3) is 0.571. The molecule has 0 aromatic carbocycles. The van der Waals surface area contributed by atoms with E-state index in [1.165, 1.54) is 12.5 Å². The molecule has 1 aromatic rings. The first-order valence-electron chi connectivity index (χ1n) is 7.19. The third kappa shape index (κ3) is 3.29. The van der Waals surface area contributed by atoms with Gasteiger partial charge in [0, 0.05) is 18.7 Å². The van der Waals surface area contributed by atoms with Gasteiger partial charge in [0.2, 0.25) is 0 Å². The first-order valence-corrected chi connectivity index (χ1v) is 7.19. The van der Waals surface area contributed by atoms with E-state index in [4.69, 9.17) is 5.11 Å². The Bertz CT molecular complexity index is 541. The Morgan fingerprint density at radius 3 is 2.67 bits per heavy atom. The number of carboxylic acids is 1. The molecule has 1 saturated carbocycles. The van der Waals surface area contributed by atoms with Crippen molar-refractivity contribution >= 4 is 17.5 Å². The van der Waals surface area contributed by atoms with Gasteiger partial charge in [-0.3, -0.25) is 10.1 Å². The van der Waals surface area contributed by atoms with Crippen molar-refractivity contribution in [3.05, 3.63) is 27.9 Å². The highest BCUT2D eigenvalue weighted by Gasteiger charge is 2.26. The summed E-state index contributed by atoms with van der Waals surface area (Å²) in [5.41, 5.74) is -0.773. The lowest BCUT2D eigenvalue weighted by atomic mass is 9.94. The van der Waals surface area contributed by atoms with Crippen molar-refractivity contribution in [3.63, 3.8) is 0 Å². The van der Waals surface area contributed by atoms with Crippen LogP contribution in [0.1, 0.15) is 49.4 Å². The third-order valence-corrected chi connectivity index (χ3v) is 3.95. The number of nitro groups is 1. The maximum atomic E-state index is 11.2. The summed E-state index contributed by atoms with van der Waals surface area (Å²) in [4.78, 5) is 27.5. The first-order chi connectivity index (χ1) is 10.0. The van der Waals surface area contributed by atoms with Crippen molar-refractivity contribution in [2.75, 3.05) is 11.4 Å². The summed E-state index contributed by atoms with van der Waals surface area (Å²) >= 11 is 0. The molecule has 1 heterocycles. The molecule has 1 aliphatic rings. The van der Waals surface area contributed by atoms with E-state index in [9.17, 15) is 14.9 Å². The van der Waals surface area contributed by atoms with E-state index in [1.54, 1.807) is 0 Å². The zero-order chi connectivity index (χ0) is 15.4. The number of hydrogen-bond acceptors (Lipinski definition) is 5. The summed E-state index contributed by atoms with van der Waals surface area (Å²) in [5.74, 6) is -0.794. The Labute approximate surface area is 122 Å². The number of anilines is 1. The molecule has 7 nitrogen and oxygen atoms in total. The molecule has 0 atom stereocenters. The van der Waals surface area contributed by atoms with Gasteiger partial charge in [-0.25, -0.2) is 9.78 Å². The lowest BCUT2D eigenvalue weighted by molar-refractivity contribution is -0.385. The SMILES string of the molecule is CCN(c1cc(C(=O)O)c([N+](=O)[O-])cn1)C1CCCCC1. The molecule has 21 heavy (non-hydrogen) atoms. The second-order valence-electron chi connectivity index (χ2n) is 5.20. The molecule has 1 aliphatic carbocycles. The van der Waals surface area contributed by atoms with Gasteiger partial charge in [-0.1, -0.05) is 19.3 Å². The number of carbonyl (C=O) groups is 1. The third-order valence-electron chi connectivity index (χ3n) is 3.95. The van der Waals surface area contributed by atoms with Crippen molar-refractivity contribution in [2.45, 2.75) is 45.1 Å². The zero-order valence-electron chi connectivity index (χ0n) is 12.0. The normalized spacial score (nSPS) is 15.7. The van der Waals surface area contributed by atoms with E-state index in [1.807, 2.05) is 6.92 Å². The van der Waals surface area contributed by atoms with E-state index in [2.05, 4.69) is 9.88 Å². The zero-order valence-corrected chi connectivity index (χ0v) is 12.0. The summed E-state index contributed by atoms with van der Waals surface area (Å²) in [6, 6.07) is 1.65.